The number of hydrogen-bond donors (Lipinski definition) is 2. The molecule has 0 radical (unpaired) electrons. The predicted octanol–water partition coefficient (Wildman–Crippen LogP) is 2.69. The minimum Gasteiger partial charge on any atom is -0.315 e. The third-order valence-corrected chi connectivity index (χ3v) is 5.47. The molecule has 0 aliphatic heterocycles. The molecule has 0 bridgehead atoms. The van der Waals surface area contributed by atoms with E-state index in [1.807, 2.05) is 4.72 Å². The summed E-state index contributed by atoms with van der Waals surface area (Å²) in [5, 5.41) is 2.87. The summed E-state index contributed by atoms with van der Waals surface area (Å²) in [6.07, 6.45) is 0. The Kier molecular flexibility index (Phi) is 4.55. The normalized spacial score (nSPS) is 11.6. The van der Waals surface area contributed by atoms with Crippen LogP contribution in [0.15, 0.2) is 28.5 Å². The minimum absolute atomic E-state index is 0.0446. The maximum atomic E-state index is 13.5. The van der Waals surface area contributed by atoms with Gasteiger partial charge in [-0.25, -0.2) is 21.6 Å². The van der Waals surface area contributed by atoms with Crippen molar-refractivity contribution in [1.82, 2.24) is 5.32 Å². The van der Waals surface area contributed by atoms with Crippen LogP contribution in [-0.2, 0) is 16.6 Å². The van der Waals surface area contributed by atoms with Gasteiger partial charge >= 0.3 is 0 Å². The number of rotatable bonds is 5. The van der Waals surface area contributed by atoms with E-state index in [0.29, 0.717) is 12.6 Å². The van der Waals surface area contributed by atoms with Crippen molar-refractivity contribution in [2.75, 3.05) is 11.8 Å². The van der Waals surface area contributed by atoms with E-state index in [2.05, 4.69) is 5.32 Å². The summed E-state index contributed by atoms with van der Waals surface area (Å²) in [6.45, 7) is 0.486. The van der Waals surface area contributed by atoms with Gasteiger partial charge in [-0.15, -0.1) is 11.3 Å². The number of anilines is 1. The zero-order chi connectivity index (χ0) is 15.6. The van der Waals surface area contributed by atoms with Gasteiger partial charge in [0, 0.05) is 11.4 Å². The predicted molar refractivity (Wildman–Crippen MR) is 74.2 cm³/mol. The molecule has 114 valence electrons. The van der Waals surface area contributed by atoms with E-state index < -0.39 is 33.2 Å². The van der Waals surface area contributed by atoms with Gasteiger partial charge in [0.25, 0.3) is 10.0 Å². The second-order valence-electron chi connectivity index (χ2n) is 4.08. The van der Waals surface area contributed by atoms with Gasteiger partial charge in [0.15, 0.2) is 17.5 Å². The van der Waals surface area contributed by atoms with Crippen LogP contribution in [0.3, 0.4) is 0 Å². The van der Waals surface area contributed by atoms with Crippen LogP contribution in [0, 0.1) is 17.5 Å². The molecule has 0 fully saturated rings. The van der Waals surface area contributed by atoms with Gasteiger partial charge in [-0.3, -0.25) is 4.72 Å². The molecule has 1 aromatic heterocycles. The highest BCUT2D eigenvalue weighted by atomic mass is 32.2. The Balaban J connectivity index is 2.31. The van der Waals surface area contributed by atoms with Gasteiger partial charge in [-0.1, -0.05) is 0 Å². The van der Waals surface area contributed by atoms with Crippen molar-refractivity contribution in [2.24, 2.45) is 0 Å². The zero-order valence-corrected chi connectivity index (χ0v) is 12.4. The Bertz CT molecular complexity index is 760. The maximum absolute atomic E-state index is 13.5. The zero-order valence-electron chi connectivity index (χ0n) is 10.8. The van der Waals surface area contributed by atoms with Crippen LogP contribution in [0.1, 0.15) is 4.88 Å². The Morgan fingerprint density at radius 3 is 2.48 bits per heavy atom. The van der Waals surface area contributed by atoms with Crippen molar-refractivity contribution in [3.8, 4) is 0 Å². The van der Waals surface area contributed by atoms with Crippen LogP contribution in [0.25, 0.3) is 0 Å². The molecular formula is C12H11F3N2O2S2. The van der Waals surface area contributed by atoms with Gasteiger partial charge in [0.05, 0.1) is 5.69 Å². The van der Waals surface area contributed by atoms with E-state index in [1.54, 1.807) is 13.1 Å². The minimum atomic E-state index is -4.05. The number of nitrogens with one attached hydrogen (secondary N) is 2. The van der Waals surface area contributed by atoms with Crippen LogP contribution in [-0.4, -0.2) is 15.5 Å². The van der Waals surface area contributed by atoms with E-state index in [-0.39, 0.29) is 4.21 Å². The first kappa shape index (κ1) is 15.8. The molecule has 0 spiro atoms. The smallest absolute Gasteiger partial charge is 0.271 e. The number of thiophene rings is 1. The van der Waals surface area contributed by atoms with E-state index >= 15 is 0 Å². The lowest BCUT2D eigenvalue weighted by Gasteiger charge is -2.08. The van der Waals surface area contributed by atoms with Crippen molar-refractivity contribution >= 4 is 27.0 Å². The first-order valence-electron chi connectivity index (χ1n) is 5.75. The van der Waals surface area contributed by atoms with Crippen molar-refractivity contribution in [3.05, 3.63) is 46.6 Å². The fourth-order valence-corrected chi connectivity index (χ4v) is 4.00. The third kappa shape index (κ3) is 3.36. The Morgan fingerprint density at radius 1 is 1.10 bits per heavy atom. The average Bonchev–Trinajstić information content (AvgIpc) is 2.89. The summed E-state index contributed by atoms with van der Waals surface area (Å²) >= 11 is 0.994. The van der Waals surface area contributed by atoms with Gasteiger partial charge in [0.1, 0.15) is 4.21 Å². The molecule has 21 heavy (non-hydrogen) atoms. The van der Waals surface area contributed by atoms with E-state index in [0.717, 1.165) is 22.3 Å². The number of sulfonamides is 1. The van der Waals surface area contributed by atoms with Gasteiger partial charge in [-0.2, -0.15) is 0 Å². The molecule has 0 saturated heterocycles. The van der Waals surface area contributed by atoms with Crippen molar-refractivity contribution in [1.29, 1.82) is 0 Å². The lowest BCUT2D eigenvalue weighted by molar-refractivity contribution is 0.449. The van der Waals surface area contributed by atoms with Gasteiger partial charge < -0.3 is 5.32 Å². The van der Waals surface area contributed by atoms with Crippen LogP contribution >= 0.6 is 11.3 Å². The summed E-state index contributed by atoms with van der Waals surface area (Å²) in [5.74, 6) is -4.69. The average molecular weight is 336 g/mol. The van der Waals surface area contributed by atoms with Crippen molar-refractivity contribution < 1.29 is 21.6 Å². The molecule has 0 unspecified atom stereocenters. The summed E-state index contributed by atoms with van der Waals surface area (Å²) in [7, 11) is -2.34. The molecule has 4 nitrogen and oxygen atoms in total. The highest BCUT2D eigenvalue weighted by molar-refractivity contribution is 7.94. The Hall–Kier alpha value is -1.58. The number of benzene rings is 1. The monoisotopic (exact) mass is 336 g/mol. The number of halogens is 3. The molecular weight excluding hydrogens is 325 g/mol. The highest BCUT2D eigenvalue weighted by Crippen LogP contribution is 2.26. The lowest BCUT2D eigenvalue weighted by Crippen LogP contribution is -2.13. The molecule has 0 aliphatic carbocycles. The highest BCUT2D eigenvalue weighted by Gasteiger charge is 2.21. The van der Waals surface area contributed by atoms with E-state index in [9.17, 15) is 21.6 Å². The van der Waals surface area contributed by atoms with Crippen molar-refractivity contribution in [3.63, 3.8) is 0 Å². The molecule has 2 aromatic rings. The maximum Gasteiger partial charge on any atom is 0.271 e. The molecule has 0 saturated carbocycles. The molecule has 1 aromatic carbocycles. The summed E-state index contributed by atoms with van der Waals surface area (Å²) in [6, 6.07) is 4.44. The summed E-state index contributed by atoms with van der Waals surface area (Å²) < 4.78 is 65.4. The standard InChI is InChI=1S/C12H11F3N2O2S2/c1-16-6-7-2-5-10(20-7)21(18,19)17-9-4-3-8(13)11(14)12(9)15/h2-5,16-17H,6H2,1H3. The lowest BCUT2D eigenvalue weighted by atomic mass is 10.3. The molecule has 0 atom stereocenters. The van der Waals surface area contributed by atoms with Gasteiger partial charge in [-0.05, 0) is 31.3 Å². The van der Waals surface area contributed by atoms with Crippen LogP contribution < -0.4 is 10.0 Å². The molecule has 9 heteroatoms. The summed E-state index contributed by atoms with van der Waals surface area (Å²) in [4.78, 5) is 0.767. The molecule has 2 N–H and O–H groups in total. The van der Waals surface area contributed by atoms with Crippen molar-refractivity contribution in [2.45, 2.75) is 10.8 Å². The molecule has 1 heterocycles. The molecule has 0 aliphatic rings. The van der Waals surface area contributed by atoms with Gasteiger partial charge in [0.2, 0.25) is 0 Å². The second kappa shape index (κ2) is 6.04. The van der Waals surface area contributed by atoms with Crippen LogP contribution in [0.5, 0.6) is 0 Å². The largest absolute Gasteiger partial charge is 0.315 e. The first-order chi connectivity index (χ1) is 9.85. The first-order valence-corrected chi connectivity index (χ1v) is 8.04. The summed E-state index contributed by atoms with van der Waals surface area (Å²) in [5.41, 5.74) is -0.641. The Labute approximate surface area is 123 Å². The Morgan fingerprint density at radius 2 is 1.81 bits per heavy atom. The quantitative estimate of drug-likeness (QED) is 0.826. The second-order valence-corrected chi connectivity index (χ2v) is 7.16. The fourth-order valence-electron chi connectivity index (χ4n) is 1.57. The fraction of sp³-hybridized carbons (Fsp3) is 0.167. The van der Waals surface area contributed by atoms with E-state index in [1.165, 1.54) is 6.07 Å². The molecule has 2 rings (SSSR count). The SMILES string of the molecule is CNCc1ccc(S(=O)(=O)Nc2ccc(F)c(F)c2F)s1. The van der Waals surface area contributed by atoms with Crippen LogP contribution in [0.2, 0.25) is 0 Å². The molecule has 0 amide bonds. The van der Waals surface area contributed by atoms with E-state index in [4.69, 9.17) is 0 Å². The topological polar surface area (TPSA) is 58.2 Å². The number of hydrogen-bond acceptors (Lipinski definition) is 4. The van der Waals surface area contributed by atoms with Crippen LogP contribution in [0.4, 0.5) is 18.9 Å². The third-order valence-electron chi connectivity index (χ3n) is 2.53.